The Labute approximate surface area is 119 Å². The molecule has 0 spiro atoms. The number of allylic oxidation sites excluding steroid dienone is 1. The van der Waals surface area contributed by atoms with Crippen molar-refractivity contribution >= 4 is 23.5 Å². The average Bonchev–Trinajstić information content (AvgIpc) is 2.66. The molecule has 2 aliphatic rings. The molecule has 2 aliphatic carbocycles. The van der Waals surface area contributed by atoms with Crippen molar-refractivity contribution in [3.63, 3.8) is 0 Å². The maximum Gasteiger partial charge on any atom is 0.163 e. The van der Waals surface area contributed by atoms with Crippen molar-refractivity contribution in [1.29, 1.82) is 0 Å². The van der Waals surface area contributed by atoms with Crippen LogP contribution in [0.15, 0.2) is 29.8 Å². The van der Waals surface area contributed by atoms with Gasteiger partial charge in [-0.25, -0.2) is 0 Å². The van der Waals surface area contributed by atoms with Crippen molar-refractivity contribution in [2.45, 2.75) is 33.6 Å². The molecule has 0 aromatic heterocycles. The molecule has 2 unspecified atom stereocenters. The monoisotopic (exact) mass is 274 g/mol. The molecule has 0 heterocycles. The van der Waals surface area contributed by atoms with Crippen LogP contribution in [-0.2, 0) is 4.79 Å². The molecule has 19 heavy (non-hydrogen) atoms. The molecule has 0 radical (unpaired) electrons. The fourth-order valence-corrected chi connectivity index (χ4v) is 3.98. The molecular formula is C17H19ClO. The summed E-state index contributed by atoms with van der Waals surface area (Å²) >= 11 is 5.91. The predicted molar refractivity (Wildman–Crippen MR) is 79.0 cm³/mol. The molecule has 1 aromatic carbocycles. The lowest BCUT2D eigenvalue weighted by atomic mass is 9.69. The molecule has 0 amide bonds. The highest BCUT2D eigenvalue weighted by molar-refractivity contribution is 6.30. The van der Waals surface area contributed by atoms with Gasteiger partial charge in [0, 0.05) is 21.9 Å². The van der Waals surface area contributed by atoms with Gasteiger partial charge in [-0.1, -0.05) is 44.5 Å². The Morgan fingerprint density at radius 3 is 2.37 bits per heavy atom. The molecule has 2 fully saturated rings. The van der Waals surface area contributed by atoms with Gasteiger partial charge in [-0.05, 0) is 42.0 Å². The predicted octanol–water partition coefficient (Wildman–Crippen LogP) is 4.75. The smallest absolute Gasteiger partial charge is 0.163 e. The van der Waals surface area contributed by atoms with E-state index in [2.05, 4.69) is 26.8 Å². The average molecular weight is 275 g/mol. The third-order valence-corrected chi connectivity index (χ3v) is 5.84. The van der Waals surface area contributed by atoms with Crippen molar-refractivity contribution in [2.24, 2.45) is 16.7 Å². The second kappa shape index (κ2) is 3.96. The number of hydrogen-bond acceptors (Lipinski definition) is 1. The van der Waals surface area contributed by atoms with Crippen LogP contribution in [0.25, 0.3) is 6.08 Å². The van der Waals surface area contributed by atoms with Crippen molar-refractivity contribution < 1.29 is 4.79 Å². The maximum absolute atomic E-state index is 12.6. The highest BCUT2D eigenvalue weighted by Crippen LogP contribution is 2.66. The van der Waals surface area contributed by atoms with Crippen molar-refractivity contribution in [2.75, 3.05) is 0 Å². The van der Waals surface area contributed by atoms with Crippen molar-refractivity contribution in [3.05, 3.63) is 40.4 Å². The van der Waals surface area contributed by atoms with E-state index in [0.29, 0.717) is 5.78 Å². The molecule has 2 saturated carbocycles. The summed E-state index contributed by atoms with van der Waals surface area (Å²) in [5.41, 5.74) is 2.19. The van der Waals surface area contributed by atoms with Gasteiger partial charge in [-0.2, -0.15) is 0 Å². The molecule has 0 saturated heterocycles. The largest absolute Gasteiger partial charge is 0.294 e. The zero-order chi connectivity index (χ0) is 13.8. The standard InChI is InChI=1S/C17H19ClO/c1-16(2)13-8-9-17(16,3)14(15(13)19)10-11-4-6-12(18)7-5-11/h4-7,10,13H,8-9H2,1-3H3. The van der Waals surface area contributed by atoms with Crippen LogP contribution in [0.1, 0.15) is 39.2 Å². The zero-order valence-electron chi connectivity index (χ0n) is 11.7. The number of benzene rings is 1. The normalized spacial score (nSPS) is 34.2. The van der Waals surface area contributed by atoms with Gasteiger partial charge >= 0.3 is 0 Å². The molecule has 2 atom stereocenters. The summed E-state index contributed by atoms with van der Waals surface area (Å²) in [5, 5.41) is 0.730. The molecule has 2 bridgehead atoms. The van der Waals surface area contributed by atoms with Crippen LogP contribution < -0.4 is 0 Å². The minimum Gasteiger partial charge on any atom is -0.294 e. The second-order valence-corrected chi connectivity index (χ2v) is 7.06. The van der Waals surface area contributed by atoms with E-state index in [4.69, 9.17) is 11.6 Å². The molecule has 1 aromatic rings. The molecule has 1 nitrogen and oxygen atoms in total. The number of carbonyl (C=O) groups excluding carboxylic acids is 1. The summed E-state index contributed by atoms with van der Waals surface area (Å²) in [6.07, 6.45) is 4.23. The third-order valence-electron chi connectivity index (χ3n) is 5.58. The van der Waals surface area contributed by atoms with Crippen LogP contribution in [0, 0.1) is 16.7 Å². The molecular weight excluding hydrogens is 256 g/mol. The van der Waals surface area contributed by atoms with Gasteiger partial charge < -0.3 is 0 Å². The lowest BCUT2D eigenvalue weighted by Crippen LogP contribution is -2.27. The topological polar surface area (TPSA) is 17.1 Å². The Kier molecular flexibility index (Phi) is 2.69. The van der Waals surface area contributed by atoms with E-state index < -0.39 is 0 Å². The van der Waals surface area contributed by atoms with Crippen LogP contribution in [-0.4, -0.2) is 5.78 Å². The molecule has 0 aliphatic heterocycles. The summed E-state index contributed by atoms with van der Waals surface area (Å²) in [7, 11) is 0. The number of fused-ring (bicyclic) bond motifs is 2. The first kappa shape index (κ1) is 12.9. The molecule has 2 heteroatoms. The van der Waals surface area contributed by atoms with Gasteiger partial charge in [0.25, 0.3) is 0 Å². The van der Waals surface area contributed by atoms with Crippen LogP contribution in [0.4, 0.5) is 0 Å². The Morgan fingerprint density at radius 1 is 1.21 bits per heavy atom. The van der Waals surface area contributed by atoms with Gasteiger partial charge in [0.15, 0.2) is 5.78 Å². The summed E-state index contributed by atoms with van der Waals surface area (Å²) in [6, 6.07) is 7.70. The van der Waals surface area contributed by atoms with E-state index in [1.54, 1.807) is 0 Å². The van der Waals surface area contributed by atoms with E-state index in [1.165, 1.54) is 0 Å². The van der Waals surface area contributed by atoms with Gasteiger partial charge in [0.05, 0.1) is 0 Å². The van der Waals surface area contributed by atoms with Crippen LogP contribution in [0.5, 0.6) is 0 Å². The summed E-state index contributed by atoms with van der Waals surface area (Å²) in [6.45, 7) is 6.73. The number of ketones is 1. The van der Waals surface area contributed by atoms with Crippen molar-refractivity contribution in [3.8, 4) is 0 Å². The van der Waals surface area contributed by atoms with Gasteiger partial charge in [-0.3, -0.25) is 4.79 Å². The van der Waals surface area contributed by atoms with Crippen LogP contribution in [0.2, 0.25) is 5.02 Å². The second-order valence-electron chi connectivity index (χ2n) is 6.62. The van der Waals surface area contributed by atoms with E-state index in [1.807, 2.05) is 24.3 Å². The number of Topliss-reactive ketones (excluding diaryl/α,β-unsaturated/α-hetero) is 1. The quantitative estimate of drug-likeness (QED) is 0.676. The third kappa shape index (κ3) is 1.64. The van der Waals surface area contributed by atoms with Gasteiger partial charge in [0.2, 0.25) is 0 Å². The SMILES string of the molecule is CC12CCC(C(=O)C1=Cc1ccc(Cl)cc1)C2(C)C. The van der Waals surface area contributed by atoms with E-state index in [0.717, 1.165) is 29.0 Å². The lowest BCUT2D eigenvalue weighted by molar-refractivity contribution is -0.119. The first-order valence-electron chi connectivity index (χ1n) is 6.88. The van der Waals surface area contributed by atoms with Gasteiger partial charge in [-0.15, -0.1) is 0 Å². The van der Waals surface area contributed by atoms with E-state index >= 15 is 0 Å². The van der Waals surface area contributed by atoms with Gasteiger partial charge in [0.1, 0.15) is 0 Å². The first-order chi connectivity index (χ1) is 8.86. The number of rotatable bonds is 1. The fraction of sp³-hybridized carbons (Fsp3) is 0.471. The molecule has 0 N–H and O–H groups in total. The van der Waals surface area contributed by atoms with E-state index in [9.17, 15) is 4.79 Å². The van der Waals surface area contributed by atoms with Crippen molar-refractivity contribution in [1.82, 2.24) is 0 Å². The van der Waals surface area contributed by atoms with Crippen LogP contribution >= 0.6 is 11.6 Å². The summed E-state index contributed by atoms with van der Waals surface area (Å²) in [4.78, 5) is 12.6. The Balaban J connectivity index is 2.07. The Hall–Kier alpha value is -1.08. The fourth-order valence-electron chi connectivity index (χ4n) is 3.86. The highest BCUT2D eigenvalue weighted by Gasteiger charge is 2.63. The Morgan fingerprint density at radius 2 is 1.84 bits per heavy atom. The molecule has 3 rings (SSSR count). The minimum absolute atomic E-state index is 0.0222. The summed E-state index contributed by atoms with van der Waals surface area (Å²) < 4.78 is 0. The number of carbonyl (C=O) groups is 1. The van der Waals surface area contributed by atoms with Crippen LogP contribution in [0.3, 0.4) is 0 Å². The number of hydrogen-bond donors (Lipinski definition) is 0. The highest BCUT2D eigenvalue weighted by atomic mass is 35.5. The Bertz CT molecular complexity index is 567. The number of halogens is 1. The summed E-state index contributed by atoms with van der Waals surface area (Å²) in [5.74, 6) is 0.560. The maximum atomic E-state index is 12.6. The van der Waals surface area contributed by atoms with E-state index in [-0.39, 0.29) is 16.7 Å². The molecule has 100 valence electrons. The zero-order valence-corrected chi connectivity index (χ0v) is 12.4. The lowest BCUT2D eigenvalue weighted by Gasteiger charge is -2.34. The first-order valence-corrected chi connectivity index (χ1v) is 7.26. The minimum atomic E-state index is 0.0222.